The number of hydrogen-bond donors (Lipinski definition) is 1. The summed E-state index contributed by atoms with van der Waals surface area (Å²) in [5, 5.41) is 10.0. The monoisotopic (exact) mass is 264 g/mol. The minimum atomic E-state index is 0.371. The van der Waals surface area contributed by atoms with Crippen LogP contribution < -0.4 is 0 Å². The molecule has 0 aromatic heterocycles. The van der Waals surface area contributed by atoms with Crippen molar-refractivity contribution < 1.29 is 9.84 Å². The first-order valence-corrected chi connectivity index (χ1v) is 7.29. The summed E-state index contributed by atoms with van der Waals surface area (Å²) in [5.41, 5.74) is 3.84. The second-order valence-electron chi connectivity index (χ2n) is 6.08. The Morgan fingerprint density at radius 3 is 1.63 bits per heavy atom. The highest BCUT2D eigenvalue weighted by atomic mass is 16.6. The smallest absolute Gasteiger partial charge is 0.119 e. The molecule has 0 spiro atoms. The number of phenols is 1. The zero-order valence-electron chi connectivity index (χ0n) is 13.2. The van der Waals surface area contributed by atoms with Crippen LogP contribution in [0.4, 0.5) is 0 Å². The van der Waals surface area contributed by atoms with Gasteiger partial charge in [-0.3, -0.25) is 0 Å². The summed E-state index contributed by atoms with van der Waals surface area (Å²) in [7, 11) is 0. The maximum absolute atomic E-state index is 10.0. The van der Waals surface area contributed by atoms with Crippen LogP contribution >= 0.6 is 0 Å². The molecular formula is C17H28O2. The molecule has 0 bridgehead atoms. The predicted octanol–water partition coefficient (Wildman–Crippen LogP) is 4.78. The van der Waals surface area contributed by atoms with Crippen molar-refractivity contribution in [3.63, 3.8) is 0 Å². The Labute approximate surface area is 117 Å². The molecule has 0 saturated carbocycles. The molecule has 1 aromatic carbocycles. The summed E-state index contributed by atoms with van der Waals surface area (Å²) in [6.07, 6.45) is 0. The third-order valence-corrected chi connectivity index (χ3v) is 3.28. The lowest BCUT2D eigenvalue weighted by Crippen LogP contribution is -2.05. The summed E-state index contributed by atoms with van der Waals surface area (Å²) in [4.78, 5) is 0. The summed E-state index contributed by atoms with van der Waals surface area (Å²) >= 11 is 0. The maximum Gasteiger partial charge on any atom is 0.119 e. The molecule has 1 fully saturated rings. The van der Waals surface area contributed by atoms with Crippen LogP contribution in [0.5, 0.6) is 5.75 Å². The Kier molecular flexibility index (Phi) is 5.86. The zero-order valence-corrected chi connectivity index (χ0v) is 13.2. The topological polar surface area (TPSA) is 32.8 Å². The molecule has 0 aliphatic carbocycles. The molecule has 2 nitrogen and oxygen atoms in total. The van der Waals surface area contributed by atoms with E-state index >= 15 is 0 Å². The first kappa shape index (κ1) is 16.0. The van der Waals surface area contributed by atoms with Crippen LogP contribution in [0, 0.1) is 0 Å². The van der Waals surface area contributed by atoms with Crippen LogP contribution in [0.15, 0.2) is 12.1 Å². The number of epoxide rings is 1. The Morgan fingerprint density at radius 1 is 0.842 bits per heavy atom. The fourth-order valence-electron chi connectivity index (χ4n) is 2.40. The Balaban J connectivity index is 0.000000524. The number of phenolic OH excluding ortho intramolecular Hbond substituents is 1. The minimum Gasteiger partial charge on any atom is -0.508 e. The van der Waals surface area contributed by atoms with Gasteiger partial charge in [-0.15, -0.1) is 0 Å². The van der Waals surface area contributed by atoms with E-state index in [1.54, 1.807) is 0 Å². The van der Waals surface area contributed by atoms with E-state index in [-0.39, 0.29) is 0 Å². The molecule has 0 amide bonds. The lowest BCUT2D eigenvalue weighted by molar-refractivity contribution is 0.462. The van der Waals surface area contributed by atoms with Crippen molar-refractivity contribution in [3.8, 4) is 5.75 Å². The van der Waals surface area contributed by atoms with Crippen LogP contribution in [0.2, 0.25) is 0 Å². The van der Waals surface area contributed by atoms with Gasteiger partial charge in [0.25, 0.3) is 0 Å². The van der Waals surface area contributed by atoms with Crippen molar-refractivity contribution in [2.24, 2.45) is 0 Å². The number of rotatable bonds is 3. The van der Waals surface area contributed by atoms with Gasteiger partial charge in [-0.1, -0.05) is 47.6 Å². The molecule has 108 valence electrons. The van der Waals surface area contributed by atoms with Gasteiger partial charge in [0.1, 0.15) is 5.75 Å². The summed E-state index contributed by atoms with van der Waals surface area (Å²) in [5.74, 6) is 1.79. The van der Waals surface area contributed by atoms with Gasteiger partial charge >= 0.3 is 0 Å². The molecular weight excluding hydrogens is 236 g/mol. The van der Waals surface area contributed by atoms with Crippen molar-refractivity contribution >= 4 is 0 Å². The number of benzene rings is 1. The minimum absolute atomic E-state index is 0.371. The lowest BCUT2D eigenvalue weighted by Gasteiger charge is -2.23. The highest BCUT2D eigenvalue weighted by Gasteiger charge is 2.19. The van der Waals surface area contributed by atoms with Crippen molar-refractivity contribution in [1.29, 1.82) is 0 Å². The van der Waals surface area contributed by atoms with Gasteiger partial charge in [-0.25, -0.2) is 0 Å². The van der Waals surface area contributed by atoms with E-state index in [4.69, 9.17) is 0 Å². The Morgan fingerprint density at radius 2 is 1.32 bits per heavy atom. The van der Waals surface area contributed by atoms with Crippen molar-refractivity contribution in [2.45, 2.75) is 59.3 Å². The Bertz CT molecular complexity index is 401. The van der Waals surface area contributed by atoms with E-state index < -0.39 is 0 Å². The van der Waals surface area contributed by atoms with Gasteiger partial charge in [0.15, 0.2) is 0 Å². The van der Waals surface area contributed by atoms with Crippen molar-refractivity contribution in [3.05, 3.63) is 28.8 Å². The SMILES string of the molecule is C1CO1.CC(C)c1ccc(O)c(C(C)C)c1C(C)C. The first-order valence-electron chi connectivity index (χ1n) is 7.29. The quantitative estimate of drug-likeness (QED) is 0.797. The van der Waals surface area contributed by atoms with E-state index in [9.17, 15) is 5.11 Å². The van der Waals surface area contributed by atoms with E-state index in [0.29, 0.717) is 23.5 Å². The molecule has 1 aliphatic heterocycles. The van der Waals surface area contributed by atoms with Crippen molar-refractivity contribution in [1.82, 2.24) is 0 Å². The molecule has 0 unspecified atom stereocenters. The van der Waals surface area contributed by atoms with Gasteiger partial charge < -0.3 is 9.84 Å². The summed E-state index contributed by atoms with van der Waals surface area (Å²) in [6, 6.07) is 3.91. The largest absolute Gasteiger partial charge is 0.508 e. The molecule has 19 heavy (non-hydrogen) atoms. The molecule has 1 N–H and O–H groups in total. The van der Waals surface area contributed by atoms with E-state index in [1.165, 1.54) is 11.1 Å². The zero-order chi connectivity index (χ0) is 14.6. The van der Waals surface area contributed by atoms with Crippen LogP contribution in [0.3, 0.4) is 0 Å². The van der Waals surface area contributed by atoms with Gasteiger partial charge in [0.05, 0.1) is 13.2 Å². The highest BCUT2D eigenvalue weighted by Crippen LogP contribution is 2.38. The molecule has 1 heterocycles. The molecule has 0 atom stereocenters. The molecule has 1 saturated heterocycles. The molecule has 1 aromatic rings. The third kappa shape index (κ3) is 4.54. The Hall–Kier alpha value is -1.02. The first-order chi connectivity index (χ1) is 8.86. The summed E-state index contributed by atoms with van der Waals surface area (Å²) in [6.45, 7) is 15.1. The van der Waals surface area contributed by atoms with E-state index in [0.717, 1.165) is 18.8 Å². The second-order valence-corrected chi connectivity index (χ2v) is 6.08. The molecule has 2 rings (SSSR count). The normalized spacial score (nSPS) is 13.7. The number of aromatic hydroxyl groups is 1. The molecule has 1 aliphatic rings. The van der Waals surface area contributed by atoms with Crippen LogP contribution in [-0.2, 0) is 4.74 Å². The standard InChI is InChI=1S/C15H24O.C2H4O/c1-9(2)12-7-8-13(16)15(11(5)6)14(12)10(3)4;1-2-3-1/h7-11,16H,1-6H3;1-2H2. The van der Waals surface area contributed by atoms with Gasteiger partial charge in [0, 0.05) is 5.56 Å². The van der Waals surface area contributed by atoms with Crippen LogP contribution in [-0.4, -0.2) is 18.3 Å². The summed E-state index contributed by atoms with van der Waals surface area (Å²) < 4.78 is 4.50. The number of hydrogen-bond acceptors (Lipinski definition) is 2. The fourth-order valence-corrected chi connectivity index (χ4v) is 2.40. The second kappa shape index (κ2) is 6.95. The number of ether oxygens (including phenoxy) is 1. The molecule has 0 radical (unpaired) electrons. The van der Waals surface area contributed by atoms with Gasteiger partial charge in [-0.2, -0.15) is 0 Å². The highest BCUT2D eigenvalue weighted by molar-refractivity contribution is 5.48. The lowest BCUT2D eigenvalue weighted by atomic mass is 9.83. The van der Waals surface area contributed by atoms with Gasteiger partial charge in [-0.05, 0) is 34.9 Å². The average molecular weight is 264 g/mol. The van der Waals surface area contributed by atoms with Crippen LogP contribution in [0.1, 0.15) is 76.0 Å². The van der Waals surface area contributed by atoms with Crippen molar-refractivity contribution in [2.75, 3.05) is 13.2 Å². The van der Waals surface area contributed by atoms with E-state index in [2.05, 4.69) is 52.3 Å². The van der Waals surface area contributed by atoms with Crippen LogP contribution in [0.25, 0.3) is 0 Å². The average Bonchev–Trinajstić information content (AvgIpc) is 3.14. The molecule has 2 heteroatoms. The predicted molar refractivity (Wildman–Crippen MR) is 81.2 cm³/mol. The van der Waals surface area contributed by atoms with E-state index in [1.807, 2.05) is 6.07 Å². The third-order valence-electron chi connectivity index (χ3n) is 3.28. The fraction of sp³-hybridized carbons (Fsp3) is 0.647. The van der Waals surface area contributed by atoms with Gasteiger partial charge in [0.2, 0.25) is 0 Å². The maximum atomic E-state index is 10.0.